The average Bonchev–Trinajstić information content (AvgIpc) is 2.66. The minimum atomic E-state index is -0.255. The van der Waals surface area contributed by atoms with Crippen LogP contribution >= 0.6 is 11.8 Å². The monoisotopic (exact) mass is 370 g/mol. The van der Waals surface area contributed by atoms with Gasteiger partial charge in [0.2, 0.25) is 5.91 Å². The number of hydrogen-bond donors (Lipinski definition) is 2. The van der Waals surface area contributed by atoms with Crippen molar-refractivity contribution in [3.8, 4) is 0 Å². The second-order valence-electron chi connectivity index (χ2n) is 6.58. The van der Waals surface area contributed by atoms with Crippen LogP contribution in [0.5, 0.6) is 0 Å². The Bertz CT molecular complexity index is 807. The molecule has 136 valence electrons. The molecule has 3 rings (SSSR count). The quantitative estimate of drug-likeness (QED) is 0.789. The first kappa shape index (κ1) is 18.5. The van der Waals surface area contributed by atoms with Gasteiger partial charge in [0.25, 0.3) is 5.91 Å². The Balaban J connectivity index is 1.73. The number of para-hydroxylation sites is 2. The van der Waals surface area contributed by atoms with E-state index in [-0.39, 0.29) is 24.4 Å². The summed E-state index contributed by atoms with van der Waals surface area (Å²) in [6, 6.07) is 15.6. The van der Waals surface area contributed by atoms with E-state index in [9.17, 15) is 9.59 Å². The van der Waals surface area contributed by atoms with Crippen molar-refractivity contribution in [2.75, 3.05) is 30.1 Å². The van der Waals surface area contributed by atoms with Crippen LogP contribution in [0.15, 0.2) is 53.4 Å². The van der Waals surface area contributed by atoms with Gasteiger partial charge in [0.1, 0.15) is 13.1 Å². The summed E-state index contributed by atoms with van der Waals surface area (Å²) in [5.41, 5.74) is 2.65. The van der Waals surface area contributed by atoms with Gasteiger partial charge >= 0.3 is 0 Å². The Labute approximate surface area is 158 Å². The first-order chi connectivity index (χ1) is 12.5. The van der Waals surface area contributed by atoms with Gasteiger partial charge in [-0.25, -0.2) is 0 Å². The van der Waals surface area contributed by atoms with Crippen molar-refractivity contribution in [1.82, 2.24) is 0 Å². The van der Waals surface area contributed by atoms with Crippen LogP contribution in [0.3, 0.4) is 0 Å². The largest absolute Gasteiger partial charge is 0.324 e. The third-order valence-electron chi connectivity index (χ3n) is 4.79. The second-order valence-corrected chi connectivity index (χ2v) is 7.46. The van der Waals surface area contributed by atoms with E-state index in [0.29, 0.717) is 5.69 Å². The van der Waals surface area contributed by atoms with Crippen molar-refractivity contribution < 1.29 is 14.5 Å². The number of likely N-dealkylation sites (N-methyl/N-ethyl adjacent to an activating group) is 1. The van der Waals surface area contributed by atoms with E-state index in [1.165, 1.54) is 10.5 Å². The van der Waals surface area contributed by atoms with Crippen molar-refractivity contribution in [2.24, 2.45) is 0 Å². The summed E-state index contributed by atoms with van der Waals surface area (Å²) in [5, 5.41) is 2.82. The highest BCUT2D eigenvalue weighted by Gasteiger charge is 2.33. The molecule has 1 unspecified atom stereocenters. The summed E-state index contributed by atoms with van der Waals surface area (Å²) in [7, 11) is 2.01. The number of quaternary nitrogens is 1. The Hall–Kier alpha value is -2.31. The molecule has 1 aliphatic rings. The number of fused-ring (bicyclic) bond motifs is 1. The van der Waals surface area contributed by atoms with Crippen LogP contribution in [0.1, 0.15) is 12.5 Å². The molecule has 2 atom stereocenters. The Kier molecular flexibility index (Phi) is 5.64. The molecule has 0 spiro atoms. The highest BCUT2D eigenvalue weighted by molar-refractivity contribution is 7.98. The number of benzene rings is 2. The molecule has 1 aliphatic heterocycles. The maximum Gasteiger partial charge on any atom is 0.285 e. The zero-order valence-electron chi connectivity index (χ0n) is 15.3. The number of carbonyl (C=O) groups excluding carboxylic acids is 2. The van der Waals surface area contributed by atoms with Crippen molar-refractivity contribution in [2.45, 2.75) is 24.4 Å². The highest BCUT2D eigenvalue weighted by Crippen LogP contribution is 2.29. The van der Waals surface area contributed by atoms with Crippen molar-refractivity contribution in [3.63, 3.8) is 0 Å². The fourth-order valence-electron chi connectivity index (χ4n) is 3.09. The summed E-state index contributed by atoms with van der Waals surface area (Å²) < 4.78 is 0. The normalized spacial score (nSPS) is 15.8. The fourth-order valence-corrected chi connectivity index (χ4v) is 3.50. The van der Waals surface area contributed by atoms with Crippen LogP contribution in [0, 0.1) is 0 Å². The average molecular weight is 370 g/mol. The molecular formula is C20H24N3O2S+. The molecule has 0 saturated carbocycles. The Morgan fingerprint density at radius 1 is 1.23 bits per heavy atom. The maximum atomic E-state index is 13.1. The smallest absolute Gasteiger partial charge is 0.285 e. The highest BCUT2D eigenvalue weighted by atomic mass is 32.2. The molecule has 2 amide bonds. The van der Waals surface area contributed by atoms with Gasteiger partial charge in [0.15, 0.2) is 6.04 Å². The summed E-state index contributed by atoms with van der Waals surface area (Å²) in [6.07, 6.45) is 2.06. The first-order valence-corrected chi connectivity index (χ1v) is 9.87. The molecule has 6 heteroatoms. The Morgan fingerprint density at radius 3 is 2.62 bits per heavy atom. The molecule has 0 fully saturated rings. The topological polar surface area (TPSA) is 53.9 Å². The lowest BCUT2D eigenvalue weighted by molar-refractivity contribution is -0.908. The van der Waals surface area contributed by atoms with Gasteiger partial charge in [-0.05, 0) is 37.4 Å². The van der Waals surface area contributed by atoms with Crippen molar-refractivity contribution >= 4 is 35.0 Å². The fraction of sp³-hybridized carbons (Fsp3) is 0.300. The molecule has 26 heavy (non-hydrogen) atoms. The summed E-state index contributed by atoms with van der Waals surface area (Å²) >= 11 is 1.71. The van der Waals surface area contributed by atoms with Gasteiger partial charge in [0.05, 0.1) is 18.4 Å². The molecule has 0 radical (unpaired) electrons. The van der Waals surface area contributed by atoms with E-state index in [1.54, 1.807) is 16.7 Å². The molecule has 0 saturated heterocycles. The third kappa shape index (κ3) is 3.92. The third-order valence-corrected chi connectivity index (χ3v) is 5.53. The lowest BCUT2D eigenvalue weighted by atomic mass is 10.1. The van der Waals surface area contributed by atoms with Gasteiger partial charge in [-0.1, -0.05) is 24.3 Å². The van der Waals surface area contributed by atoms with Gasteiger partial charge in [-0.3, -0.25) is 14.5 Å². The summed E-state index contributed by atoms with van der Waals surface area (Å²) in [4.78, 5) is 28.9. The van der Waals surface area contributed by atoms with Crippen LogP contribution in [0.2, 0.25) is 0 Å². The molecule has 5 nitrogen and oxygen atoms in total. The number of amides is 2. The number of hydrogen-bond acceptors (Lipinski definition) is 3. The summed E-state index contributed by atoms with van der Waals surface area (Å²) in [5.74, 6) is -0.194. The molecule has 2 aromatic rings. The minimum absolute atomic E-state index is 0.0365. The van der Waals surface area contributed by atoms with Gasteiger partial charge < -0.3 is 10.2 Å². The van der Waals surface area contributed by atoms with Crippen LogP contribution < -0.4 is 15.1 Å². The predicted octanol–water partition coefficient (Wildman–Crippen LogP) is 1.80. The van der Waals surface area contributed by atoms with Crippen molar-refractivity contribution in [3.05, 3.63) is 54.1 Å². The molecule has 1 heterocycles. The van der Waals surface area contributed by atoms with Gasteiger partial charge in [-0.2, -0.15) is 0 Å². The predicted molar refractivity (Wildman–Crippen MR) is 106 cm³/mol. The van der Waals surface area contributed by atoms with E-state index in [1.807, 2.05) is 38.2 Å². The van der Waals surface area contributed by atoms with E-state index in [0.717, 1.165) is 17.1 Å². The second kappa shape index (κ2) is 7.93. The molecule has 0 aromatic heterocycles. The van der Waals surface area contributed by atoms with Crippen LogP contribution in [-0.2, 0) is 16.1 Å². The first-order valence-electron chi connectivity index (χ1n) is 8.65. The number of nitrogens with zero attached hydrogens (tertiary/aromatic N) is 1. The number of carbonyl (C=O) groups is 2. The number of nitrogens with one attached hydrogen (secondary N) is 2. The van der Waals surface area contributed by atoms with Crippen LogP contribution in [0.4, 0.5) is 11.4 Å². The molecule has 0 aliphatic carbocycles. The van der Waals surface area contributed by atoms with E-state index in [2.05, 4.69) is 35.8 Å². The zero-order chi connectivity index (χ0) is 18.7. The molecule has 2 aromatic carbocycles. The van der Waals surface area contributed by atoms with E-state index in [4.69, 9.17) is 0 Å². The molecular weight excluding hydrogens is 346 g/mol. The number of rotatable bonds is 5. The maximum absolute atomic E-state index is 13.1. The minimum Gasteiger partial charge on any atom is -0.324 e. The number of thioether (sulfide) groups is 1. The lowest BCUT2D eigenvalue weighted by Gasteiger charge is -2.32. The van der Waals surface area contributed by atoms with Gasteiger partial charge in [-0.15, -0.1) is 11.8 Å². The number of anilines is 2. The van der Waals surface area contributed by atoms with Crippen LogP contribution in [-0.4, -0.2) is 37.7 Å². The Morgan fingerprint density at radius 2 is 1.92 bits per heavy atom. The molecule has 0 bridgehead atoms. The summed E-state index contributed by atoms with van der Waals surface area (Å²) in [6.45, 7) is 2.74. The zero-order valence-corrected chi connectivity index (χ0v) is 16.1. The standard InChI is InChI=1S/C20H23N3O2S/c1-14(22(2)12-15-8-10-16(26-3)11-9-15)20(25)23-13-19(24)21-17-6-4-5-7-18(17)23/h4-11,14H,12-13H2,1-3H3,(H,21,24)/p+1/t14-/m1/s1. The van der Waals surface area contributed by atoms with Crippen LogP contribution in [0.25, 0.3) is 0 Å². The van der Waals surface area contributed by atoms with Gasteiger partial charge in [0, 0.05) is 10.5 Å². The van der Waals surface area contributed by atoms with Crippen molar-refractivity contribution in [1.29, 1.82) is 0 Å². The van der Waals surface area contributed by atoms with E-state index < -0.39 is 0 Å². The lowest BCUT2D eigenvalue weighted by Crippen LogP contribution is -3.12. The van der Waals surface area contributed by atoms with E-state index >= 15 is 0 Å². The SMILES string of the molecule is CSc1ccc(C[NH+](C)[C@H](C)C(=O)N2CC(=O)Nc3ccccc32)cc1. The molecule has 2 N–H and O–H groups in total.